The van der Waals surface area contributed by atoms with Crippen molar-refractivity contribution < 1.29 is 24.6 Å². The normalized spacial score (nSPS) is 14.9. The van der Waals surface area contributed by atoms with Crippen molar-refractivity contribution in [1.29, 1.82) is 0 Å². The Labute approximate surface area is 184 Å². The summed E-state index contributed by atoms with van der Waals surface area (Å²) in [7, 11) is 0. The molecule has 0 bridgehead atoms. The van der Waals surface area contributed by atoms with Crippen LogP contribution in [-0.2, 0) is 22.8 Å². The largest absolute Gasteiger partial charge is 0.487 e. The lowest BCUT2D eigenvalue weighted by molar-refractivity contribution is -0.763. The standard InChI is InChI=1S/C24H24N2O6/c27-24(28)23(17-6-1-2-7-17)18-10-12-22(19(13-18)14-32-26(29)30)31-15-20-11-9-16-5-3-4-8-21(16)25-20/h3-5,8-13,17,23H,1-2,6-7,14-15H2,(H,27,28)/t23-/m1/s1. The monoisotopic (exact) mass is 436 g/mol. The van der Waals surface area contributed by atoms with Gasteiger partial charge in [-0.1, -0.05) is 43.2 Å². The number of benzene rings is 2. The average molecular weight is 436 g/mol. The Hall–Kier alpha value is -3.68. The van der Waals surface area contributed by atoms with Gasteiger partial charge < -0.3 is 14.7 Å². The first kappa shape index (κ1) is 21.5. The summed E-state index contributed by atoms with van der Waals surface area (Å²) in [5.41, 5.74) is 2.61. The van der Waals surface area contributed by atoms with Crippen molar-refractivity contribution in [3.63, 3.8) is 0 Å². The lowest BCUT2D eigenvalue weighted by Crippen LogP contribution is -2.20. The van der Waals surface area contributed by atoms with Crippen molar-refractivity contribution in [2.45, 2.75) is 44.8 Å². The molecule has 166 valence electrons. The third kappa shape index (κ3) is 4.96. The van der Waals surface area contributed by atoms with Crippen LogP contribution in [-0.4, -0.2) is 21.1 Å². The van der Waals surface area contributed by atoms with Crippen LogP contribution in [0.4, 0.5) is 0 Å². The number of aromatic nitrogens is 1. The molecule has 0 radical (unpaired) electrons. The lowest BCUT2D eigenvalue weighted by Gasteiger charge is -2.21. The van der Waals surface area contributed by atoms with Gasteiger partial charge in [0.2, 0.25) is 0 Å². The van der Waals surface area contributed by atoms with E-state index in [1.165, 1.54) is 0 Å². The molecule has 0 unspecified atom stereocenters. The zero-order chi connectivity index (χ0) is 22.5. The summed E-state index contributed by atoms with van der Waals surface area (Å²) in [6.45, 7) is -0.154. The van der Waals surface area contributed by atoms with E-state index in [1.807, 2.05) is 36.4 Å². The smallest absolute Gasteiger partial charge is 0.311 e. The second-order valence-corrected chi connectivity index (χ2v) is 8.01. The minimum atomic E-state index is -0.882. The van der Waals surface area contributed by atoms with Gasteiger partial charge in [0.1, 0.15) is 19.0 Å². The Kier molecular flexibility index (Phi) is 6.49. The predicted molar refractivity (Wildman–Crippen MR) is 117 cm³/mol. The second kappa shape index (κ2) is 9.64. The van der Waals surface area contributed by atoms with Crippen LogP contribution in [0.1, 0.15) is 48.4 Å². The van der Waals surface area contributed by atoms with Gasteiger partial charge in [0.15, 0.2) is 0 Å². The summed E-state index contributed by atoms with van der Waals surface area (Å²) in [6.07, 6.45) is 3.77. The first-order valence-electron chi connectivity index (χ1n) is 10.6. The number of ether oxygens (including phenoxy) is 1. The molecule has 1 saturated carbocycles. The van der Waals surface area contributed by atoms with Crippen molar-refractivity contribution in [3.8, 4) is 5.75 Å². The van der Waals surface area contributed by atoms with E-state index in [9.17, 15) is 20.0 Å². The van der Waals surface area contributed by atoms with E-state index in [0.717, 1.165) is 36.6 Å². The van der Waals surface area contributed by atoms with Crippen LogP contribution >= 0.6 is 0 Å². The molecule has 0 saturated heterocycles. The molecule has 1 aromatic heterocycles. The summed E-state index contributed by atoms with van der Waals surface area (Å²) in [5.74, 6) is -1.07. The van der Waals surface area contributed by atoms with Crippen LogP contribution in [0.3, 0.4) is 0 Å². The number of hydrogen-bond acceptors (Lipinski definition) is 6. The quantitative estimate of drug-likeness (QED) is 0.376. The van der Waals surface area contributed by atoms with E-state index in [-0.39, 0.29) is 19.1 Å². The first-order valence-corrected chi connectivity index (χ1v) is 10.6. The molecule has 1 fully saturated rings. The zero-order valence-electron chi connectivity index (χ0n) is 17.5. The predicted octanol–water partition coefficient (Wildman–Crippen LogP) is 4.88. The number of fused-ring (bicyclic) bond motifs is 1. The van der Waals surface area contributed by atoms with Gasteiger partial charge in [0, 0.05) is 10.9 Å². The molecule has 1 aliphatic carbocycles. The van der Waals surface area contributed by atoms with Crippen LogP contribution < -0.4 is 4.74 Å². The molecule has 1 atom stereocenters. The van der Waals surface area contributed by atoms with E-state index < -0.39 is 17.0 Å². The number of para-hydroxylation sites is 1. The minimum absolute atomic E-state index is 0.0605. The molecule has 1 N–H and O–H groups in total. The van der Waals surface area contributed by atoms with Crippen LogP contribution in [0.25, 0.3) is 10.9 Å². The maximum absolute atomic E-state index is 12.0. The third-order valence-corrected chi connectivity index (χ3v) is 5.94. The van der Waals surface area contributed by atoms with Gasteiger partial charge in [-0.2, -0.15) is 0 Å². The molecule has 0 amide bonds. The summed E-state index contributed by atoms with van der Waals surface area (Å²) < 4.78 is 5.91. The molecule has 8 heteroatoms. The Bertz CT molecular complexity index is 1130. The van der Waals surface area contributed by atoms with Crippen molar-refractivity contribution in [2.24, 2.45) is 5.92 Å². The molecule has 3 aromatic rings. The number of aliphatic carboxylic acids is 1. The summed E-state index contributed by atoms with van der Waals surface area (Å²) in [6, 6.07) is 16.6. The Balaban J connectivity index is 1.58. The topological polar surface area (TPSA) is 112 Å². The second-order valence-electron chi connectivity index (χ2n) is 8.01. The van der Waals surface area contributed by atoms with Gasteiger partial charge in [-0.15, -0.1) is 10.1 Å². The Morgan fingerprint density at radius 3 is 2.66 bits per heavy atom. The fraction of sp³-hybridized carbons (Fsp3) is 0.333. The zero-order valence-corrected chi connectivity index (χ0v) is 17.5. The molecule has 1 aliphatic rings. The van der Waals surface area contributed by atoms with Crippen molar-refractivity contribution in [2.75, 3.05) is 0 Å². The van der Waals surface area contributed by atoms with E-state index in [1.54, 1.807) is 18.2 Å². The molecule has 0 aliphatic heterocycles. The number of nitrogens with zero attached hydrogens (tertiary/aromatic N) is 2. The van der Waals surface area contributed by atoms with Crippen molar-refractivity contribution in [3.05, 3.63) is 81.5 Å². The maximum Gasteiger partial charge on any atom is 0.311 e. The SMILES string of the molecule is O=C(O)[C@@H](c1ccc(OCc2ccc3ccccc3n2)c(CO[N+](=O)[O-])c1)C1CCCC1. The van der Waals surface area contributed by atoms with Crippen LogP contribution in [0.5, 0.6) is 5.75 Å². The highest BCUT2D eigenvalue weighted by atomic mass is 16.9. The molecule has 2 aromatic carbocycles. The number of carboxylic acids is 1. The fourth-order valence-electron chi connectivity index (χ4n) is 4.42. The van der Waals surface area contributed by atoms with Crippen molar-refractivity contribution >= 4 is 16.9 Å². The van der Waals surface area contributed by atoms with E-state index in [0.29, 0.717) is 22.6 Å². The third-order valence-electron chi connectivity index (χ3n) is 5.94. The maximum atomic E-state index is 12.0. The van der Waals surface area contributed by atoms with Crippen LogP contribution in [0, 0.1) is 16.0 Å². The molecule has 8 nitrogen and oxygen atoms in total. The van der Waals surface area contributed by atoms with Gasteiger partial charge in [-0.05, 0) is 48.6 Å². The number of pyridine rings is 1. The molecular formula is C24H24N2O6. The van der Waals surface area contributed by atoms with E-state index >= 15 is 0 Å². The van der Waals surface area contributed by atoms with Crippen LogP contribution in [0.2, 0.25) is 0 Å². The molecule has 4 rings (SSSR count). The number of hydrogen-bond donors (Lipinski definition) is 1. The van der Waals surface area contributed by atoms with Gasteiger partial charge in [-0.25, -0.2) is 4.98 Å². The molecular weight excluding hydrogens is 412 g/mol. The van der Waals surface area contributed by atoms with Gasteiger partial charge >= 0.3 is 5.97 Å². The number of carbonyl (C=O) groups is 1. The average Bonchev–Trinajstić information content (AvgIpc) is 3.31. The van der Waals surface area contributed by atoms with E-state index in [4.69, 9.17) is 4.74 Å². The number of rotatable bonds is 9. The highest BCUT2D eigenvalue weighted by molar-refractivity contribution is 5.78. The summed E-state index contributed by atoms with van der Waals surface area (Å²) in [4.78, 5) is 31.9. The first-order chi connectivity index (χ1) is 15.5. The van der Waals surface area contributed by atoms with E-state index in [2.05, 4.69) is 9.82 Å². The lowest BCUT2D eigenvalue weighted by atomic mass is 9.84. The fourth-order valence-corrected chi connectivity index (χ4v) is 4.42. The minimum Gasteiger partial charge on any atom is -0.487 e. The molecule has 1 heterocycles. The number of carboxylic acid groups (broad SMARTS) is 1. The Morgan fingerprint density at radius 1 is 1.12 bits per heavy atom. The summed E-state index contributed by atoms with van der Waals surface area (Å²) >= 11 is 0. The summed E-state index contributed by atoms with van der Waals surface area (Å²) in [5, 5.41) is 20.7. The highest BCUT2D eigenvalue weighted by Crippen LogP contribution is 2.39. The van der Waals surface area contributed by atoms with Gasteiger partial charge in [0.25, 0.3) is 5.09 Å². The molecule has 32 heavy (non-hydrogen) atoms. The molecule has 0 spiro atoms. The highest BCUT2D eigenvalue weighted by Gasteiger charge is 2.32. The van der Waals surface area contributed by atoms with Gasteiger partial charge in [0.05, 0.1) is 17.1 Å². The Morgan fingerprint density at radius 2 is 1.91 bits per heavy atom. The van der Waals surface area contributed by atoms with Gasteiger partial charge in [-0.3, -0.25) is 4.79 Å². The van der Waals surface area contributed by atoms with Crippen LogP contribution in [0.15, 0.2) is 54.6 Å². The van der Waals surface area contributed by atoms with Crippen molar-refractivity contribution in [1.82, 2.24) is 4.98 Å².